The monoisotopic (exact) mass is 361 g/mol. The third kappa shape index (κ3) is 3.19. The molecule has 3 rings (SSSR count). The lowest BCUT2D eigenvalue weighted by Crippen LogP contribution is -2.44. The van der Waals surface area contributed by atoms with Crippen molar-refractivity contribution in [2.45, 2.75) is 6.04 Å². The quantitative estimate of drug-likeness (QED) is 0.507. The van der Waals surface area contributed by atoms with Gasteiger partial charge in [-0.3, -0.25) is 4.79 Å². The highest BCUT2D eigenvalue weighted by Crippen LogP contribution is 2.30. The molecule has 130 valence electrons. The summed E-state index contributed by atoms with van der Waals surface area (Å²) in [6.45, 7) is -0.597. The van der Waals surface area contributed by atoms with Crippen LogP contribution in [0.15, 0.2) is 29.6 Å². The van der Waals surface area contributed by atoms with Crippen molar-refractivity contribution < 1.29 is 24.5 Å². The maximum absolute atomic E-state index is 12.5. The minimum absolute atomic E-state index is 0.0477. The summed E-state index contributed by atoms with van der Waals surface area (Å²) in [6, 6.07) is 5.30. The molecule has 4 N–H and O–H groups in total. The van der Waals surface area contributed by atoms with Crippen molar-refractivity contribution in [3.8, 4) is 16.5 Å². The average Bonchev–Trinajstić information content (AvgIpc) is 3.28. The lowest BCUT2D eigenvalue weighted by molar-refractivity contribution is -0.143. The number of imidazole rings is 1. The zero-order valence-corrected chi connectivity index (χ0v) is 14.0. The summed E-state index contributed by atoms with van der Waals surface area (Å²) in [5, 5.41) is 23.5. The van der Waals surface area contributed by atoms with Crippen LogP contribution in [0.4, 0.5) is 0 Å². The number of nitrogens with zero attached hydrogens (tertiary/aromatic N) is 1. The molecule has 1 atom stereocenters. The summed E-state index contributed by atoms with van der Waals surface area (Å²) in [6.07, 6.45) is 0. The van der Waals surface area contributed by atoms with Crippen molar-refractivity contribution in [2.24, 2.45) is 0 Å². The summed E-state index contributed by atoms with van der Waals surface area (Å²) >= 11 is 1.46. The number of amides is 1. The molecule has 0 fully saturated rings. The molecule has 1 aromatic carbocycles. The number of aromatic hydroxyl groups is 1. The van der Waals surface area contributed by atoms with Gasteiger partial charge in [0, 0.05) is 0 Å². The standard InChI is InChI=1S/C16H15N3O5S/c1-24-16(23)9(7-20)17-15(22)8-4-5-10(21)13-12(8)18-14(19-13)11-3-2-6-25-11/h2-6,9,20-21H,7H2,1H3,(H,17,22)(H,18,19). The molecule has 0 aliphatic carbocycles. The van der Waals surface area contributed by atoms with E-state index in [1.54, 1.807) is 0 Å². The van der Waals surface area contributed by atoms with E-state index in [0.717, 1.165) is 12.0 Å². The smallest absolute Gasteiger partial charge is 0.330 e. The number of rotatable bonds is 5. The lowest BCUT2D eigenvalue weighted by atomic mass is 10.1. The number of carbonyl (C=O) groups is 2. The number of carbonyl (C=O) groups excluding carboxylic acids is 2. The van der Waals surface area contributed by atoms with Crippen molar-refractivity contribution in [3.63, 3.8) is 0 Å². The highest BCUT2D eigenvalue weighted by atomic mass is 32.1. The van der Waals surface area contributed by atoms with E-state index in [4.69, 9.17) is 0 Å². The molecule has 0 saturated heterocycles. The first kappa shape index (κ1) is 16.9. The Morgan fingerprint density at radius 1 is 1.40 bits per heavy atom. The van der Waals surface area contributed by atoms with Gasteiger partial charge in [-0.05, 0) is 23.6 Å². The van der Waals surface area contributed by atoms with Crippen LogP contribution in [0.2, 0.25) is 0 Å². The summed E-state index contributed by atoms with van der Waals surface area (Å²) in [4.78, 5) is 32.3. The topological polar surface area (TPSA) is 125 Å². The van der Waals surface area contributed by atoms with Crippen molar-refractivity contribution in [1.82, 2.24) is 15.3 Å². The molecule has 0 radical (unpaired) electrons. The summed E-state index contributed by atoms with van der Waals surface area (Å²) in [5.74, 6) is -0.897. The molecule has 0 aliphatic heterocycles. The van der Waals surface area contributed by atoms with Gasteiger partial charge in [0.2, 0.25) is 0 Å². The molecule has 0 aliphatic rings. The van der Waals surface area contributed by atoms with Gasteiger partial charge in [0.15, 0.2) is 6.04 Å². The molecule has 8 nitrogen and oxygen atoms in total. The molecule has 9 heteroatoms. The average molecular weight is 361 g/mol. The molecule has 1 amide bonds. The van der Waals surface area contributed by atoms with Gasteiger partial charge in [-0.2, -0.15) is 0 Å². The highest BCUT2D eigenvalue weighted by Gasteiger charge is 2.24. The van der Waals surface area contributed by atoms with Gasteiger partial charge >= 0.3 is 5.97 Å². The largest absolute Gasteiger partial charge is 0.506 e. The number of methoxy groups -OCH3 is 1. The Balaban J connectivity index is 2.00. The van der Waals surface area contributed by atoms with Crippen LogP contribution in [-0.4, -0.2) is 51.8 Å². The number of aliphatic hydroxyl groups excluding tert-OH is 1. The number of nitrogens with one attached hydrogen (secondary N) is 2. The minimum atomic E-state index is -1.18. The third-order valence-electron chi connectivity index (χ3n) is 3.60. The van der Waals surface area contributed by atoms with E-state index in [1.165, 1.54) is 23.5 Å². The second kappa shape index (κ2) is 6.91. The lowest BCUT2D eigenvalue weighted by Gasteiger charge is -2.14. The van der Waals surface area contributed by atoms with Gasteiger partial charge < -0.3 is 25.3 Å². The minimum Gasteiger partial charge on any atom is -0.506 e. The fourth-order valence-corrected chi connectivity index (χ4v) is 3.02. The molecule has 0 bridgehead atoms. The van der Waals surface area contributed by atoms with Crippen molar-refractivity contribution in [1.29, 1.82) is 0 Å². The Labute approximate surface area is 146 Å². The number of thiophene rings is 1. The summed E-state index contributed by atoms with van der Waals surface area (Å²) < 4.78 is 4.53. The van der Waals surface area contributed by atoms with Gasteiger partial charge in [-0.1, -0.05) is 6.07 Å². The molecular formula is C16H15N3O5S. The highest BCUT2D eigenvalue weighted by molar-refractivity contribution is 7.13. The fourth-order valence-electron chi connectivity index (χ4n) is 2.35. The second-order valence-corrected chi connectivity index (χ2v) is 6.10. The zero-order chi connectivity index (χ0) is 18.0. The Morgan fingerprint density at radius 3 is 2.84 bits per heavy atom. The maximum atomic E-state index is 12.5. The third-order valence-corrected chi connectivity index (χ3v) is 4.47. The molecule has 25 heavy (non-hydrogen) atoms. The van der Waals surface area contributed by atoms with Crippen LogP contribution >= 0.6 is 11.3 Å². The van der Waals surface area contributed by atoms with Gasteiger partial charge in [0.1, 0.15) is 22.6 Å². The van der Waals surface area contributed by atoms with Gasteiger partial charge in [0.05, 0.1) is 24.2 Å². The maximum Gasteiger partial charge on any atom is 0.330 e. The number of esters is 1. The van der Waals surface area contributed by atoms with E-state index < -0.39 is 24.5 Å². The van der Waals surface area contributed by atoms with Crippen molar-refractivity contribution in [3.05, 3.63) is 35.2 Å². The van der Waals surface area contributed by atoms with Gasteiger partial charge in [-0.15, -0.1) is 11.3 Å². The van der Waals surface area contributed by atoms with Crippen molar-refractivity contribution in [2.75, 3.05) is 13.7 Å². The van der Waals surface area contributed by atoms with Gasteiger partial charge in [-0.25, -0.2) is 9.78 Å². The van der Waals surface area contributed by atoms with Gasteiger partial charge in [0.25, 0.3) is 5.91 Å². The first-order valence-corrected chi connectivity index (χ1v) is 8.18. The Bertz CT molecular complexity index is 919. The number of phenols is 1. The number of ether oxygens (including phenoxy) is 1. The molecular weight excluding hydrogens is 346 g/mol. The molecule has 3 aromatic rings. The first-order valence-electron chi connectivity index (χ1n) is 7.30. The van der Waals surface area contributed by atoms with E-state index in [2.05, 4.69) is 20.0 Å². The molecule has 2 heterocycles. The summed E-state index contributed by atoms with van der Waals surface area (Å²) in [7, 11) is 1.16. The van der Waals surface area contributed by atoms with Crippen LogP contribution in [0, 0.1) is 0 Å². The predicted octanol–water partition coefficient (Wildman–Crippen LogP) is 1.26. The second-order valence-electron chi connectivity index (χ2n) is 5.15. The number of hydrogen-bond acceptors (Lipinski definition) is 7. The Morgan fingerprint density at radius 2 is 2.20 bits per heavy atom. The SMILES string of the molecule is COC(=O)C(CO)NC(=O)c1ccc(O)c2[nH]c(-c3cccs3)nc12. The first-order chi connectivity index (χ1) is 12.0. The van der Waals surface area contributed by atoms with E-state index in [-0.39, 0.29) is 16.8 Å². The normalized spacial score (nSPS) is 12.1. The van der Waals surface area contributed by atoms with E-state index >= 15 is 0 Å². The number of aromatic amines is 1. The Kier molecular flexibility index (Phi) is 4.68. The van der Waals surface area contributed by atoms with Crippen LogP contribution < -0.4 is 5.32 Å². The number of H-pyrrole nitrogens is 1. The zero-order valence-electron chi connectivity index (χ0n) is 13.1. The number of fused-ring (bicyclic) bond motifs is 1. The summed E-state index contributed by atoms with van der Waals surface area (Å²) in [5.41, 5.74) is 0.742. The van der Waals surface area contributed by atoms with Crippen LogP contribution in [0.3, 0.4) is 0 Å². The van der Waals surface area contributed by atoms with Crippen molar-refractivity contribution >= 4 is 34.2 Å². The fraction of sp³-hybridized carbons (Fsp3) is 0.188. The van der Waals surface area contributed by atoms with Crippen LogP contribution in [0.25, 0.3) is 21.7 Å². The predicted molar refractivity (Wildman–Crippen MR) is 91.4 cm³/mol. The van der Waals surface area contributed by atoms with Crippen LogP contribution in [0.1, 0.15) is 10.4 Å². The molecule has 2 aromatic heterocycles. The van der Waals surface area contributed by atoms with E-state index in [1.807, 2.05) is 17.5 Å². The van der Waals surface area contributed by atoms with E-state index in [0.29, 0.717) is 11.3 Å². The number of aromatic nitrogens is 2. The van der Waals surface area contributed by atoms with Crippen LogP contribution in [0.5, 0.6) is 5.75 Å². The Hall–Kier alpha value is -2.91. The number of aliphatic hydroxyl groups is 1. The number of phenolic OH excluding ortho intramolecular Hbond substituents is 1. The number of benzene rings is 1. The van der Waals surface area contributed by atoms with E-state index in [9.17, 15) is 19.8 Å². The molecule has 1 unspecified atom stereocenters. The number of hydrogen-bond donors (Lipinski definition) is 4. The molecule has 0 spiro atoms. The molecule has 0 saturated carbocycles. The van der Waals surface area contributed by atoms with Crippen LogP contribution in [-0.2, 0) is 9.53 Å².